The van der Waals surface area contributed by atoms with E-state index in [2.05, 4.69) is 10.4 Å². The van der Waals surface area contributed by atoms with Crippen molar-refractivity contribution in [3.63, 3.8) is 0 Å². The molecule has 1 unspecified atom stereocenters. The first-order valence-corrected chi connectivity index (χ1v) is 7.72. The summed E-state index contributed by atoms with van der Waals surface area (Å²) in [6.45, 7) is 3.88. The monoisotopic (exact) mass is 309 g/mol. The molecule has 21 heavy (non-hydrogen) atoms. The summed E-state index contributed by atoms with van der Waals surface area (Å²) in [4.78, 5) is 24.8. The van der Waals surface area contributed by atoms with Crippen LogP contribution in [0.3, 0.4) is 0 Å². The van der Waals surface area contributed by atoms with Crippen LogP contribution in [-0.2, 0) is 11.8 Å². The highest BCUT2D eigenvalue weighted by Crippen LogP contribution is 2.27. The summed E-state index contributed by atoms with van der Waals surface area (Å²) in [5.74, 6) is -1.32. The molecular weight excluding hydrogens is 290 g/mol. The average Bonchev–Trinajstić information content (AvgIpc) is 2.97. The van der Waals surface area contributed by atoms with Gasteiger partial charge in [0.1, 0.15) is 10.9 Å². The summed E-state index contributed by atoms with van der Waals surface area (Å²) in [6, 6.07) is 0.943. The fourth-order valence-electron chi connectivity index (χ4n) is 2.21. The maximum absolute atomic E-state index is 12.2. The van der Waals surface area contributed by atoms with Gasteiger partial charge < -0.3 is 10.4 Å². The van der Waals surface area contributed by atoms with Crippen molar-refractivity contribution in [1.82, 2.24) is 15.1 Å². The Morgan fingerprint density at radius 1 is 1.52 bits per heavy atom. The fourth-order valence-corrected chi connectivity index (χ4v) is 3.24. The third-order valence-corrected chi connectivity index (χ3v) is 4.57. The van der Waals surface area contributed by atoms with Crippen LogP contribution >= 0.6 is 11.3 Å². The largest absolute Gasteiger partial charge is 0.480 e. The molecule has 0 aromatic carbocycles. The van der Waals surface area contributed by atoms with Crippen molar-refractivity contribution >= 4 is 33.4 Å². The quantitative estimate of drug-likeness (QED) is 0.857. The molecular formula is C14H19N3O3S. The number of hydrogen-bond donors (Lipinski definition) is 2. The van der Waals surface area contributed by atoms with Crippen molar-refractivity contribution in [3.8, 4) is 0 Å². The summed E-state index contributed by atoms with van der Waals surface area (Å²) in [5.41, 5.74) is 0.864. The number of carbonyl (C=O) groups excluding carboxylic acids is 1. The highest BCUT2D eigenvalue weighted by molar-refractivity contribution is 7.20. The van der Waals surface area contributed by atoms with E-state index in [1.165, 1.54) is 11.3 Å². The van der Waals surface area contributed by atoms with Gasteiger partial charge in [0.2, 0.25) is 0 Å². The minimum Gasteiger partial charge on any atom is -0.480 e. The molecule has 2 aromatic heterocycles. The molecule has 6 nitrogen and oxygen atoms in total. The number of thiophene rings is 1. The van der Waals surface area contributed by atoms with Crippen LogP contribution < -0.4 is 5.32 Å². The van der Waals surface area contributed by atoms with Crippen LogP contribution in [0.25, 0.3) is 10.2 Å². The SMILES string of the molecule is CCCCC(NC(=O)c1cc2c(C)nn(C)c2s1)C(=O)O. The van der Waals surface area contributed by atoms with Crippen LogP contribution in [-0.4, -0.2) is 32.8 Å². The third-order valence-electron chi connectivity index (χ3n) is 3.37. The molecule has 0 spiro atoms. The molecule has 7 heteroatoms. The molecule has 0 fully saturated rings. The topological polar surface area (TPSA) is 84.2 Å². The van der Waals surface area contributed by atoms with E-state index in [4.69, 9.17) is 5.11 Å². The second-order valence-corrected chi connectivity index (χ2v) is 6.08. The standard InChI is InChI=1S/C14H19N3O3S/c1-4-5-6-10(14(19)20)15-12(18)11-7-9-8(2)16-17(3)13(9)21-11/h7,10H,4-6H2,1-3H3,(H,15,18)(H,19,20). The van der Waals surface area contributed by atoms with Crippen LogP contribution in [0.4, 0.5) is 0 Å². The summed E-state index contributed by atoms with van der Waals surface area (Å²) in [6.07, 6.45) is 2.11. The lowest BCUT2D eigenvalue weighted by atomic mass is 10.1. The lowest BCUT2D eigenvalue weighted by Crippen LogP contribution is -2.40. The van der Waals surface area contributed by atoms with Gasteiger partial charge >= 0.3 is 5.97 Å². The van der Waals surface area contributed by atoms with Crippen LogP contribution in [0.1, 0.15) is 41.6 Å². The lowest BCUT2D eigenvalue weighted by Gasteiger charge is -2.13. The first-order chi connectivity index (χ1) is 9.93. The predicted octanol–water partition coefficient (Wildman–Crippen LogP) is 2.32. The average molecular weight is 309 g/mol. The number of nitrogens with zero attached hydrogens (tertiary/aromatic N) is 2. The van der Waals surface area contributed by atoms with Gasteiger partial charge in [-0.15, -0.1) is 11.3 Å². The number of amides is 1. The van der Waals surface area contributed by atoms with Crippen molar-refractivity contribution in [2.24, 2.45) is 7.05 Å². The minimum atomic E-state index is -0.990. The minimum absolute atomic E-state index is 0.334. The summed E-state index contributed by atoms with van der Waals surface area (Å²) in [7, 11) is 1.83. The zero-order valence-corrected chi connectivity index (χ0v) is 13.2. The molecule has 1 atom stereocenters. The third kappa shape index (κ3) is 3.24. The van der Waals surface area contributed by atoms with Crippen molar-refractivity contribution in [1.29, 1.82) is 0 Å². The van der Waals surface area contributed by atoms with Crippen LogP contribution in [0.5, 0.6) is 0 Å². The summed E-state index contributed by atoms with van der Waals surface area (Å²) in [5, 5.41) is 17.0. The van der Waals surface area contributed by atoms with E-state index in [0.29, 0.717) is 11.3 Å². The molecule has 0 saturated heterocycles. The molecule has 1 amide bonds. The Balaban J connectivity index is 2.17. The van der Waals surface area contributed by atoms with Gasteiger partial charge in [0.25, 0.3) is 5.91 Å². The number of carbonyl (C=O) groups is 2. The smallest absolute Gasteiger partial charge is 0.326 e. The first kappa shape index (κ1) is 15.5. The molecule has 0 bridgehead atoms. The summed E-state index contributed by atoms with van der Waals surface area (Å²) >= 11 is 1.33. The van der Waals surface area contributed by atoms with E-state index in [-0.39, 0.29) is 5.91 Å². The normalized spacial score (nSPS) is 12.5. The Morgan fingerprint density at radius 3 is 2.81 bits per heavy atom. The van der Waals surface area contributed by atoms with E-state index in [9.17, 15) is 9.59 Å². The molecule has 2 rings (SSSR count). The Bertz CT molecular complexity index is 640. The van der Waals surface area contributed by atoms with Crippen LogP contribution in [0.2, 0.25) is 0 Å². The number of rotatable bonds is 6. The van der Waals surface area contributed by atoms with Crippen molar-refractivity contribution < 1.29 is 14.7 Å². The van der Waals surface area contributed by atoms with Gasteiger partial charge in [0.05, 0.1) is 10.6 Å². The Hall–Kier alpha value is -1.89. The highest BCUT2D eigenvalue weighted by atomic mass is 32.1. The fraction of sp³-hybridized carbons (Fsp3) is 0.500. The van der Waals surface area contributed by atoms with Gasteiger partial charge in [-0.2, -0.15) is 5.10 Å². The van der Waals surface area contributed by atoms with Gasteiger partial charge in [0, 0.05) is 12.4 Å². The molecule has 0 aliphatic rings. The Kier molecular flexibility index (Phi) is 4.62. The van der Waals surface area contributed by atoms with E-state index < -0.39 is 12.0 Å². The second kappa shape index (κ2) is 6.26. The number of hydrogen-bond acceptors (Lipinski definition) is 4. The van der Waals surface area contributed by atoms with E-state index in [0.717, 1.165) is 28.8 Å². The zero-order chi connectivity index (χ0) is 15.6. The van der Waals surface area contributed by atoms with Crippen LogP contribution in [0.15, 0.2) is 6.07 Å². The molecule has 2 aromatic rings. The lowest BCUT2D eigenvalue weighted by molar-refractivity contribution is -0.139. The predicted molar refractivity (Wildman–Crippen MR) is 81.7 cm³/mol. The number of carboxylic acid groups (broad SMARTS) is 1. The summed E-state index contributed by atoms with van der Waals surface area (Å²) < 4.78 is 1.73. The number of aryl methyl sites for hydroxylation is 2. The van der Waals surface area contributed by atoms with Gasteiger partial charge in [-0.25, -0.2) is 4.79 Å². The number of aromatic nitrogens is 2. The molecule has 0 aliphatic heterocycles. The van der Waals surface area contributed by atoms with Gasteiger partial charge in [0.15, 0.2) is 0 Å². The van der Waals surface area contributed by atoms with Gasteiger partial charge in [-0.3, -0.25) is 9.48 Å². The Morgan fingerprint density at radius 2 is 2.24 bits per heavy atom. The van der Waals surface area contributed by atoms with E-state index in [1.54, 1.807) is 10.7 Å². The van der Waals surface area contributed by atoms with Gasteiger partial charge in [-0.1, -0.05) is 19.8 Å². The van der Waals surface area contributed by atoms with E-state index in [1.807, 2.05) is 20.9 Å². The molecule has 0 saturated carbocycles. The highest BCUT2D eigenvalue weighted by Gasteiger charge is 2.22. The van der Waals surface area contributed by atoms with Crippen molar-refractivity contribution in [3.05, 3.63) is 16.6 Å². The number of unbranched alkanes of at least 4 members (excludes halogenated alkanes) is 1. The van der Waals surface area contributed by atoms with Crippen LogP contribution in [0, 0.1) is 6.92 Å². The molecule has 114 valence electrons. The van der Waals surface area contributed by atoms with Crippen molar-refractivity contribution in [2.45, 2.75) is 39.2 Å². The van der Waals surface area contributed by atoms with E-state index >= 15 is 0 Å². The molecule has 0 aliphatic carbocycles. The number of nitrogens with one attached hydrogen (secondary N) is 1. The maximum atomic E-state index is 12.2. The first-order valence-electron chi connectivity index (χ1n) is 6.90. The molecule has 2 N–H and O–H groups in total. The second-order valence-electron chi connectivity index (χ2n) is 5.05. The zero-order valence-electron chi connectivity index (χ0n) is 12.3. The maximum Gasteiger partial charge on any atom is 0.326 e. The number of carboxylic acids is 1. The van der Waals surface area contributed by atoms with Gasteiger partial charge in [-0.05, 0) is 19.4 Å². The number of aliphatic carboxylic acids is 1. The molecule has 2 heterocycles. The molecule has 0 radical (unpaired) electrons. The van der Waals surface area contributed by atoms with Crippen molar-refractivity contribution in [2.75, 3.05) is 0 Å². The number of fused-ring (bicyclic) bond motifs is 1. The Labute approximate surface area is 126 Å².